The molecule has 0 aromatic carbocycles. The van der Waals surface area contributed by atoms with Gasteiger partial charge in [-0.1, -0.05) is 11.8 Å². The Labute approximate surface area is 91.8 Å². The summed E-state index contributed by atoms with van der Waals surface area (Å²) in [5.74, 6) is 1.08. The number of amides is 1. The summed E-state index contributed by atoms with van der Waals surface area (Å²) in [5, 5.41) is 14.1. The number of H-pyrrole nitrogens is 1. The molecule has 1 fully saturated rings. The highest BCUT2D eigenvalue weighted by Gasteiger charge is 2.26. The van der Waals surface area contributed by atoms with Crippen LogP contribution >= 0.6 is 11.8 Å². The largest absolute Gasteiger partial charge is 0.345 e. The number of aromatic nitrogens is 4. The van der Waals surface area contributed by atoms with Gasteiger partial charge >= 0.3 is 0 Å². The lowest BCUT2D eigenvalue weighted by Crippen LogP contribution is -2.39. The highest BCUT2D eigenvalue weighted by molar-refractivity contribution is 7.99. The van der Waals surface area contributed by atoms with E-state index in [9.17, 15) is 4.79 Å². The summed E-state index contributed by atoms with van der Waals surface area (Å²) in [4.78, 5) is 13.5. The normalized spacial score (nSPS) is 22.1. The summed E-state index contributed by atoms with van der Waals surface area (Å²) < 4.78 is 0. The van der Waals surface area contributed by atoms with Crippen LogP contribution in [0.1, 0.15) is 12.8 Å². The number of hydrogen-bond donors (Lipinski definition) is 1. The minimum absolute atomic E-state index is 0.104. The van der Waals surface area contributed by atoms with Crippen LogP contribution in [-0.4, -0.2) is 50.8 Å². The molecule has 2 rings (SSSR count). The summed E-state index contributed by atoms with van der Waals surface area (Å²) in [7, 11) is 1.85. The van der Waals surface area contributed by atoms with E-state index in [0.29, 0.717) is 5.16 Å². The molecular weight excluding hydrogens is 214 g/mol. The van der Waals surface area contributed by atoms with Crippen molar-refractivity contribution in [3.05, 3.63) is 0 Å². The van der Waals surface area contributed by atoms with Crippen molar-refractivity contribution < 1.29 is 4.79 Å². The molecule has 1 N–H and O–H groups in total. The van der Waals surface area contributed by atoms with E-state index in [1.54, 1.807) is 4.90 Å². The molecule has 1 unspecified atom stereocenters. The number of rotatable bonds is 3. The van der Waals surface area contributed by atoms with Crippen LogP contribution in [-0.2, 0) is 4.79 Å². The van der Waals surface area contributed by atoms with Crippen molar-refractivity contribution in [2.45, 2.75) is 18.0 Å². The van der Waals surface area contributed by atoms with Crippen molar-refractivity contribution in [2.24, 2.45) is 5.92 Å². The van der Waals surface area contributed by atoms with Crippen molar-refractivity contribution in [1.29, 1.82) is 0 Å². The number of nitrogens with zero attached hydrogens (tertiary/aromatic N) is 4. The second-order valence-electron chi connectivity index (χ2n) is 3.60. The van der Waals surface area contributed by atoms with Crippen LogP contribution < -0.4 is 0 Å². The topological polar surface area (TPSA) is 74.8 Å². The molecule has 1 saturated heterocycles. The van der Waals surface area contributed by atoms with E-state index in [4.69, 9.17) is 0 Å². The lowest BCUT2D eigenvalue weighted by molar-refractivity contribution is -0.135. The van der Waals surface area contributed by atoms with E-state index < -0.39 is 0 Å². The third kappa shape index (κ3) is 2.47. The first-order chi connectivity index (χ1) is 7.27. The first-order valence-electron chi connectivity index (χ1n) is 4.88. The number of hydrogen-bond acceptors (Lipinski definition) is 5. The number of piperidine rings is 1. The maximum atomic E-state index is 11.7. The van der Waals surface area contributed by atoms with Gasteiger partial charge in [-0.15, -0.1) is 10.2 Å². The van der Waals surface area contributed by atoms with Crippen LogP contribution in [0.15, 0.2) is 5.16 Å². The first-order valence-corrected chi connectivity index (χ1v) is 5.87. The van der Waals surface area contributed by atoms with Gasteiger partial charge in [0.15, 0.2) is 0 Å². The second kappa shape index (κ2) is 4.61. The quantitative estimate of drug-likeness (QED) is 0.744. The fourth-order valence-corrected chi connectivity index (χ4v) is 2.53. The molecule has 0 saturated carbocycles. The lowest BCUT2D eigenvalue weighted by atomic mass is 10.00. The van der Waals surface area contributed by atoms with Gasteiger partial charge in [0.1, 0.15) is 0 Å². The SMILES string of the molecule is CN1CCCC(CSc2nn[nH]n2)C1=O. The van der Waals surface area contributed by atoms with Gasteiger partial charge in [0.25, 0.3) is 0 Å². The van der Waals surface area contributed by atoms with E-state index in [-0.39, 0.29) is 11.8 Å². The van der Waals surface area contributed by atoms with Gasteiger partial charge in [-0.2, -0.15) is 5.21 Å². The molecule has 2 heterocycles. The number of nitrogens with one attached hydrogen (secondary N) is 1. The van der Waals surface area contributed by atoms with Gasteiger partial charge in [0, 0.05) is 25.3 Å². The molecule has 82 valence electrons. The van der Waals surface area contributed by atoms with Gasteiger partial charge in [-0.25, -0.2) is 0 Å². The number of thioether (sulfide) groups is 1. The molecule has 1 aromatic heterocycles. The highest BCUT2D eigenvalue weighted by Crippen LogP contribution is 2.23. The Kier molecular flexibility index (Phi) is 3.20. The summed E-state index contributed by atoms with van der Waals surface area (Å²) >= 11 is 1.48. The van der Waals surface area contributed by atoms with E-state index in [2.05, 4.69) is 20.6 Å². The Bertz CT molecular complexity index is 328. The zero-order chi connectivity index (χ0) is 10.7. The Morgan fingerprint density at radius 2 is 2.53 bits per heavy atom. The molecule has 1 amide bonds. The Balaban J connectivity index is 1.86. The van der Waals surface area contributed by atoms with Gasteiger partial charge < -0.3 is 4.90 Å². The fraction of sp³-hybridized carbons (Fsp3) is 0.750. The molecule has 6 nitrogen and oxygen atoms in total. The third-order valence-corrected chi connectivity index (χ3v) is 3.51. The van der Waals surface area contributed by atoms with E-state index >= 15 is 0 Å². The molecule has 1 aliphatic rings. The zero-order valence-corrected chi connectivity index (χ0v) is 9.33. The average Bonchev–Trinajstić information content (AvgIpc) is 2.73. The molecule has 7 heteroatoms. The summed E-state index contributed by atoms with van der Waals surface area (Å²) in [6.07, 6.45) is 2.05. The smallest absolute Gasteiger partial charge is 0.230 e. The average molecular weight is 227 g/mol. The van der Waals surface area contributed by atoms with Gasteiger partial charge in [-0.3, -0.25) is 4.79 Å². The molecule has 0 radical (unpaired) electrons. The van der Waals surface area contributed by atoms with Crippen molar-refractivity contribution in [3.8, 4) is 0 Å². The van der Waals surface area contributed by atoms with Crippen molar-refractivity contribution in [1.82, 2.24) is 25.5 Å². The summed E-state index contributed by atoms with van der Waals surface area (Å²) in [5.41, 5.74) is 0. The van der Waals surface area contributed by atoms with Crippen LogP contribution in [0, 0.1) is 5.92 Å². The van der Waals surface area contributed by atoms with E-state index in [0.717, 1.165) is 25.1 Å². The Hall–Kier alpha value is -1.11. The number of aromatic amines is 1. The van der Waals surface area contributed by atoms with Gasteiger partial charge in [0.05, 0.1) is 0 Å². The second-order valence-corrected chi connectivity index (χ2v) is 4.59. The highest BCUT2D eigenvalue weighted by atomic mass is 32.2. The minimum Gasteiger partial charge on any atom is -0.345 e. The molecule has 0 aliphatic carbocycles. The minimum atomic E-state index is 0.104. The zero-order valence-electron chi connectivity index (χ0n) is 8.51. The van der Waals surface area contributed by atoms with Crippen LogP contribution in [0.3, 0.4) is 0 Å². The summed E-state index contributed by atoms with van der Waals surface area (Å²) in [6.45, 7) is 0.877. The molecule has 15 heavy (non-hydrogen) atoms. The molecule has 0 spiro atoms. The van der Waals surface area contributed by atoms with Crippen molar-refractivity contribution in [2.75, 3.05) is 19.3 Å². The van der Waals surface area contributed by atoms with Crippen LogP contribution in [0.25, 0.3) is 0 Å². The lowest BCUT2D eigenvalue weighted by Gasteiger charge is -2.28. The Morgan fingerprint density at radius 1 is 1.67 bits per heavy atom. The van der Waals surface area contributed by atoms with E-state index in [1.807, 2.05) is 7.05 Å². The molecule has 1 atom stereocenters. The number of carbonyl (C=O) groups excluding carboxylic acids is 1. The first kappa shape index (κ1) is 10.4. The standard InChI is InChI=1S/C8H13N5OS/c1-13-4-2-3-6(7(13)14)5-15-8-9-11-12-10-8/h6H,2-5H2,1H3,(H,9,10,11,12). The molecule has 0 bridgehead atoms. The number of likely N-dealkylation sites (tertiary alicyclic amines) is 1. The number of tetrazole rings is 1. The third-order valence-electron chi connectivity index (χ3n) is 2.51. The molecule has 1 aliphatic heterocycles. The van der Waals surface area contributed by atoms with Gasteiger partial charge in [-0.05, 0) is 18.1 Å². The van der Waals surface area contributed by atoms with E-state index in [1.165, 1.54) is 11.8 Å². The monoisotopic (exact) mass is 227 g/mol. The molecular formula is C8H13N5OS. The molecule has 1 aromatic rings. The van der Waals surface area contributed by atoms with Crippen LogP contribution in [0.2, 0.25) is 0 Å². The van der Waals surface area contributed by atoms with Crippen LogP contribution in [0.5, 0.6) is 0 Å². The fourth-order valence-electron chi connectivity index (χ4n) is 1.66. The maximum Gasteiger partial charge on any atom is 0.230 e. The summed E-state index contributed by atoms with van der Waals surface area (Å²) in [6, 6.07) is 0. The van der Waals surface area contributed by atoms with Crippen LogP contribution in [0.4, 0.5) is 0 Å². The van der Waals surface area contributed by atoms with Crippen molar-refractivity contribution in [3.63, 3.8) is 0 Å². The maximum absolute atomic E-state index is 11.7. The van der Waals surface area contributed by atoms with Crippen molar-refractivity contribution >= 4 is 17.7 Å². The van der Waals surface area contributed by atoms with Gasteiger partial charge in [0.2, 0.25) is 11.1 Å². The predicted molar refractivity (Wildman–Crippen MR) is 55.3 cm³/mol. The Morgan fingerprint density at radius 3 is 3.27 bits per heavy atom. The predicted octanol–water partition coefficient (Wildman–Crippen LogP) is 0.160. The number of carbonyl (C=O) groups is 1.